The summed E-state index contributed by atoms with van der Waals surface area (Å²) >= 11 is 3.52. The quantitative estimate of drug-likeness (QED) is 0.813. The fourth-order valence-electron chi connectivity index (χ4n) is 2.22. The van der Waals surface area contributed by atoms with E-state index in [2.05, 4.69) is 25.5 Å². The number of pyridine rings is 1. The number of carbonyl (C=O) groups excluding carboxylic acids is 1. The zero-order valence-electron chi connectivity index (χ0n) is 11.1. The first kappa shape index (κ1) is 13.8. The second-order valence-electron chi connectivity index (χ2n) is 4.10. The van der Waals surface area contributed by atoms with Crippen molar-refractivity contribution in [3.8, 4) is 11.3 Å². The van der Waals surface area contributed by atoms with Gasteiger partial charge in [-0.05, 0) is 41.9 Å². The van der Waals surface area contributed by atoms with Gasteiger partial charge in [0.15, 0.2) is 0 Å². The second-order valence-corrected chi connectivity index (χ2v) is 4.89. The highest BCUT2D eigenvalue weighted by molar-refractivity contribution is 9.10. The van der Waals surface area contributed by atoms with Gasteiger partial charge in [0.25, 0.3) is 0 Å². The zero-order valence-corrected chi connectivity index (χ0v) is 12.7. The molecule has 0 fully saturated rings. The summed E-state index contributed by atoms with van der Waals surface area (Å²) in [4.78, 5) is 16.0. The lowest BCUT2D eigenvalue weighted by Crippen LogP contribution is -2.05. The van der Waals surface area contributed by atoms with Gasteiger partial charge < -0.3 is 9.30 Å². The van der Waals surface area contributed by atoms with Crippen LogP contribution in [0.25, 0.3) is 11.3 Å². The van der Waals surface area contributed by atoms with Crippen LogP contribution in [0.3, 0.4) is 0 Å². The topological polar surface area (TPSA) is 44.1 Å². The molecule has 2 aromatic heterocycles. The number of nitrogens with zero attached hydrogens (tertiary/aromatic N) is 2. The summed E-state index contributed by atoms with van der Waals surface area (Å²) in [5, 5.41) is 0. The normalized spacial score (nSPS) is 10.5. The van der Waals surface area contributed by atoms with E-state index in [1.54, 1.807) is 12.4 Å². The second kappa shape index (κ2) is 5.57. The van der Waals surface area contributed by atoms with Crippen LogP contribution >= 0.6 is 15.9 Å². The predicted molar refractivity (Wildman–Crippen MR) is 77.1 cm³/mol. The van der Waals surface area contributed by atoms with Crippen molar-refractivity contribution in [2.45, 2.75) is 20.4 Å². The lowest BCUT2D eigenvalue weighted by molar-refractivity contribution is 0.0599. The maximum Gasteiger partial charge on any atom is 0.340 e. The highest BCUT2D eigenvalue weighted by Crippen LogP contribution is 2.35. The Bertz CT molecular complexity index is 606. The van der Waals surface area contributed by atoms with E-state index in [1.165, 1.54) is 7.11 Å². The average molecular weight is 323 g/mol. The molecule has 19 heavy (non-hydrogen) atoms. The van der Waals surface area contributed by atoms with Gasteiger partial charge in [0.1, 0.15) is 0 Å². The van der Waals surface area contributed by atoms with Crippen LogP contribution in [0.2, 0.25) is 0 Å². The third kappa shape index (κ3) is 2.30. The van der Waals surface area contributed by atoms with E-state index >= 15 is 0 Å². The van der Waals surface area contributed by atoms with Gasteiger partial charge in [-0.1, -0.05) is 0 Å². The number of halogens is 1. The molecule has 5 heteroatoms. The fourth-order valence-corrected chi connectivity index (χ4v) is 3.11. The van der Waals surface area contributed by atoms with Crippen LogP contribution < -0.4 is 0 Å². The van der Waals surface area contributed by atoms with Crippen LogP contribution in [0.5, 0.6) is 0 Å². The number of hydrogen-bond acceptors (Lipinski definition) is 3. The van der Waals surface area contributed by atoms with Crippen LogP contribution in [0.4, 0.5) is 0 Å². The van der Waals surface area contributed by atoms with Gasteiger partial charge in [-0.25, -0.2) is 4.79 Å². The van der Waals surface area contributed by atoms with E-state index in [-0.39, 0.29) is 5.97 Å². The summed E-state index contributed by atoms with van der Waals surface area (Å²) in [5.41, 5.74) is 3.38. The fraction of sp³-hybridized carbons (Fsp3) is 0.286. The summed E-state index contributed by atoms with van der Waals surface area (Å²) in [6.07, 6.45) is 3.51. The maximum absolute atomic E-state index is 11.9. The molecule has 0 bridgehead atoms. The Balaban J connectivity index is 2.71. The van der Waals surface area contributed by atoms with Crippen LogP contribution in [-0.2, 0) is 11.3 Å². The average Bonchev–Trinajstić information content (AvgIpc) is 2.69. The SMILES string of the molecule is CCn1c(C)c(C(=O)OC)c(Br)c1-c1cccnc1. The third-order valence-corrected chi connectivity index (χ3v) is 3.88. The molecule has 0 radical (unpaired) electrons. The predicted octanol–water partition coefficient (Wildman–Crippen LogP) is 3.43. The number of esters is 1. The molecule has 0 spiro atoms. The molecule has 100 valence electrons. The van der Waals surface area contributed by atoms with Crippen LogP contribution in [0.1, 0.15) is 23.0 Å². The maximum atomic E-state index is 11.9. The van der Waals surface area contributed by atoms with E-state index in [4.69, 9.17) is 4.74 Å². The Hall–Kier alpha value is -1.62. The van der Waals surface area contributed by atoms with Crippen molar-refractivity contribution in [2.24, 2.45) is 0 Å². The van der Waals surface area contributed by atoms with Crippen LogP contribution in [-0.4, -0.2) is 22.6 Å². The molecule has 2 aromatic rings. The number of methoxy groups -OCH3 is 1. The molecule has 2 heterocycles. The van der Waals surface area contributed by atoms with Gasteiger partial charge in [-0.2, -0.15) is 0 Å². The Morgan fingerprint density at radius 1 is 1.53 bits per heavy atom. The van der Waals surface area contributed by atoms with E-state index < -0.39 is 0 Å². The molecule has 4 nitrogen and oxygen atoms in total. The van der Waals surface area contributed by atoms with E-state index in [1.807, 2.05) is 26.0 Å². The van der Waals surface area contributed by atoms with Crippen molar-refractivity contribution in [1.29, 1.82) is 0 Å². The molecule has 0 saturated carbocycles. The summed E-state index contributed by atoms with van der Waals surface area (Å²) in [7, 11) is 1.39. The third-order valence-electron chi connectivity index (χ3n) is 3.10. The molecular formula is C14H15BrN2O2. The van der Waals surface area contributed by atoms with Crippen molar-refractivity contribution in [3.63, 3.8) is 0 Å². The van der Waals surface area contributed by atoms with Crippen LogP contribution in [0.15, 0.2) is 29.0 Å². The molecule has 0 unspecified atom stereocenters. The van der Waals surface area contributed by atoms with E-state index in [0.29, 0.717) is 5.56 Å². The van der Waals surface area contributed by atoms with Gasteiger partial charge in [0, 0.05) is 30.2 Å². The summed E-state index contributed by atoms with van der Waals surface area (Å²) in [6.45, 7) is 4.73. The number of rotatable bonds is 3. The number of hydrogen-bond donors (Lipinski definition) is 0. The summed E-state index contributed by atoms with van der Waals surface area (Å²) in [5.74, 6) is -0.332. The molecule has 0 N–H and O–H groups in total. The van der Waals surface area contributed by atoms with Crippen molar-refractivity contribution < 1.29 is 9.53 Å². The molecule has 0 atom stereocenters. The largest absolute Gasteiger partial charge is 0.465 e. The van der Waals surface area contributed by atoms with E-state index in [0.717, 1.165) is 28.0 Å². The van der Waals surface area contributed by atoms with Gasteiger partial charge in [0.2, 0.25) is 0 Å². The first-order valence-corrected chi connectivity index (χ1v) is 6.78. The minimum atomic E-state index is -0.332. The standard InChI is InChI=1S/C14H15BrN2O2/c1-4-17-9(2)11(14(18)19-3)12(15)13(17)10-6-5-7-16-8-10/h5-8H,4H2,1-3H3. The highest BCUT2D eigenvalue weighted by Gasteiger charge is 2.24. The Kier molecular flexibility index (Phi) is 4.04. The van der Waals surface area contributed by atoms with Crippen molar-refractivity contribution in [3.05, 3.63) is 40.3 Å². The monoisotopic (exact) mass is 322 g/mol. The summed E-state index contributed by atoms with van der Waals surface area (Å²) < 4.78 is 7.68. The van der Waals surface area contributed by atoms with Gasteiger partial charge in [-0.15, -0.1) is 0 Å². The number of carbonyl (C=O) groups is 1. The molecule has 0 saturated heterocycles. The lowest BCUT2D eigenvalue weighted by atomic mass is 10.2. The molecule has 0 aromatic carbocycles. The molecule has 0 aliphatic rings. The Labute approximate surface area is 120 Å². The van der Waals surface area contributed by atoms with Gasteiger partial charge in [0.05, 0.1) is 22.8 Å². The minimum Gasteiger partial charge on any atom is -0.465 e. The van der Waals surface area contributed by atoms with Gasteiger partial charge in [-0.3, -0.25) is 4.98 Å². The highest BCUT2D eigenvalue weighted by atomic mass is 79.9. The zero-order chi connectivity index (χ0) is 14.0. The smallest absolute Gasteiger partial charge is 0.340 e. The van der Waals surface area contributed by atoms with E-state index in [9.17, 15) is 4.79 Å². The van der Waals surface area contributed by atoms with Crippen molar-refractivity contribution >= 4 is 21.9 Å². The molecule has 0 aliphatic carbocycles. The summed E-state index contributed by atoms with van der Waals surface area (Å²) in [6, 6.07) is 3.85. The van der Waals surface area contributed by atoms with Crippen molar-refractivity contribution in [1.82, 2.24) is 9.55 Å². The minimum absolute atomic E-state index is 0.332. The van der Waals surface area contributed by atoms with Crippen molar-refractivity contribution in [2.75, 3.05) is 7.11 Å². The molecule has 0 aliphatic heterocycles. The first-order valence-electron chi connectivity index (χ1n) is 5.99. The first-order chi connectivity index (χ1) is 9.11. The Morgan fingerprint density at radius 3 is 2.79 bits per heavy atom. The Morgan fingerprint density at radius 2 is 2.26 bits per heavy atom. The number of ether oxygens (including phenoxy) is 1. The molecular weight excluding hydrogens is 308 g/mol. The van der Waals surface area contributed by atoms with Crippen LogP contribution in [0, 0.1) is 6.92 Å². The molecule has 0 amide bonds. The number of aromatic nitrogens is 2. The molecule has 2 rings (SSSR count). The lowest BCUT2D eigenvalue weighted by Gasteiger charge is -2.08. The van der Waals surface area contributed by atoms with Gasteiger partial charge >= 0.3 is 5.97 Å².